The second-order valence-electron chi connectivity index (χ2n) is 5.21. The minimum absolute atomic E-state index is 0.0613. The number of para-hydroxylation sites is 1. The highest BCUT2D eigenvalue weighted by atomic mass is 32.2. The highest BCUT2D eigenvalue weighted by molar-refractivity contribution is 7.99. The highest BCUT2D eigenvalue weighted by Gasteiger charge is 2.28. The zero-order valence-corrected chi connectivity index (χ0v) is 14.6. The lowest BCUT2D eigenvalue weighted by Crippen LogP contribution is -2.26. The van der Waals surface area contributed by atoms with Crippen LogP contribution in [-0.4, -0.2) is 33.0 Å². The van der Waals surface area contributed by atoms with Crippen LogP contribution in [0.5, 0.6) is 0 Å². The lowest BCUT2D eigenvalue weighted by Gasteiger charge is -2.17. The Hall–Kier alpha value is -3.76. The number of fused-ring (bicyclic) bond motifs is 1. The summed E-state index contributed by atoms with van der Waals surface area (Å²) in [6.07, 6.45) is 2.83. The van der Waals surface area contributed by atoms with Crippen LogP contribution >= 0.6 is 11.8 Å². The molecule has 0 aliphatic rings. The molecule has 27 heavy (non-hydrogen) atoms. The van der Waals surface area contributed by atoms with Gasteiger partial charge in [-0.2, -0.15) is 10.5 Å². The Morgan fingerprint density at radius 3 is 2.56 bits per heavy atom. The van der Waals surface area contributed by atoms with E-state index in [9.17, 15) is 10.1 Å². The molecule has 0 bridgehead atoms. The first-order chi connectivity index (χ1) is 13.2. The van der Waals surface area contributed by atoms with Crippen molar-refractivity contribution in [1.82, 2.24) is 15.0 Å². The normalized spacial score (nSPS) is 10.1. The van der Waals surface area contributed by atoms with E-state index >= 15 is 0 Å². The number of nitriles is 2. The Labute approximate surface area is 158 Å². The monoisotopic (exact) mass is 377 g/mol. The van der Waals surface area contributed by atoms with Gasteiger partial charge in [-0.05, 0) is 12.1 Å². The summed E-state index contributed by atoms with van der Waals surface area (Å²) in [7, 11) is 0. The molecule has 3 rings (SSSR count). The molecule has 132 valence electrons. The SMILES string of the molecule is N#CCN(CC#N)c1ncnc(Sc2cccc3cccnc23)c1[N+](=O)[O-]. The number of hydrogen-bond acceptors (Lipinski definition) is 9. The molecule has 9 nitrogen and oxygen atoms in total. The molecule has 3 aromatic rings. The van der Waals surface area contributed by atoms with Gasteiger partial charge >= 0.3 is 5.69 Å². The lowest BCUT2D eigenvalue weighted by molar-refractivity contribution is -0.387. The van der Waals surface area contributed by atoms with Crippen LogP contribution in [0.4, 0.5) is 11.5 Å². The van der Waals surface area contributed by atoms with Crippen molar-refractivity contribution in [2.24, 2.45) is 0 Å². The third-order valence-corrected chi connectivity index (χ3v) is 4.62. The summed E-state index contributed by atoms with van der Waals surface area (Å²) in [6, 6.07) is 13.0. The quantitative estimate of drug-likeness (QED) is 0.275. The number of anilines is 1. The van der Waals surface area contributed by atoms with Crippen molar-refractivity contribution in [3.63, 3.8) is 0 Å². The standard InChI is InChI=1S/C17H11N7O2S/c18-6-9-23(10-7-19)16-15(24(25)26)17(22-11-21-16)27-13-5-1-3-12-4-2-8-20-14(12)13/h1-5,8,11H,9-10H2. The van der Waals surface area contributed by atoms with E-state index in [0.717, 1.165) is 17.1 Å². The van der Waals surface area contributed by atoms with E-state index in [-0.39, 0.29) is 29.6 Å². The van der Waals surface area contributed by atoms with E-state index in [1.165, 1.54) is 11.2 Å². The fraction of sp³-hybridized carbons (Fsp3) is 0.118. The first-order valence-electron chi connectivity index (χ1n) is 7.65. The Bertz CT molecular complexity index is 1070. The van der Waals surface area contributed by atoms with E-state index < -0.39 is 4.92 Å². The second-order valence-corrected chi connectivity index (χ2v) is 6.24. The largest absolute Gasteiger partial charge is 0.343 e. The zero-order chi connectivity index (χ0) is 19.2. The van der Waals surface area contributed by atoms with Gasteiger partial charge in [-0.3, -0.25) is 15.1 Å². The lowest BCUT2D eigenvalue weighted by atomic mass is 10.2. The topological polar surface area (TPSA) is 133 Å². The number of benzene rings is 1. The molecular weight excluding hydrogens is 366 g/mol. The summed E-state index contributed by atoms with van der Waals surface area (Å²) in [5, 5.41) is 30.6. The van der Waals surface area contributed by atoms with Gasteiger partial charge in [-0.15, -0.1) is 0 Å². The fourth-order valence-electron chi connectivity index (χ4n) is 2.46. The van der Waals surface area contributed by atoms with Crippen molar-refractivity contribution in [3.8, 4) is 12.1 Å². The van der Waals surface area contributed by atoms with Gasteiger partial charge in [0, 0.05) is 16.5 Å². The van der Waals surface area contributed by atoms with E-state index in [4.69, 9.17) is 10.5 Å². The molecule has 0 aliphatic heterocycles. The van der Waals surface area contributed by atoms with Crippen molar-refractivity contribution in [2.45, 2.75) is 9.92 Å². The first kappa shape index (κ1) is 18.0. The Balaban J connectivity index is 2.11. The second kappa shape index (κ2) is 8.08. The molecule has 1 aromatic carbocycles. The summed E-state index contributed by atoms with van der Waals surface area (Å²) in [5.74, 6) is -0.0613. The molecule has 2 aromatic heterocycles. The molecule has 0 spiro atoms. The molecule has 0 unspecified atom stereocenters. The molecule has 0 radical (unpaired) electrons. The average Bonchev–Trinajstić information content (AvgIpc) is 2.68. The number of hydrogen-bond donors (Lipinski definition) is 0. The van der Waals surface area contributed by atoms with Gasteiger partial charge in [0.1, 0.15) is 19.4 Å². The molecule has 0 saturated carbocycles. The smallest absolute Gasteiger partial charge is 0.324 e. The number of rotatable bonds is 6. The first-order valence-corrected chi connectivity index (χ1v) is 8.47. The van der Waals surface area contributed by atoms with Crippen LogP contribution < -0.4 is 4.90 Å². The van der Waals surface area contributed by atoms with Crippen molar-refractivity contribution in [3.05, 3.63) is 53.0 Å². The zero-order valence-electron chi connectivity index (χ0n) is 13.8. The molecular formula is C17H11N7O2S. The maximum atomic E-state index is 11.7. The van der Waals surface area contributed by atoms with Gasteiger partial charge in [-0.1, -0.05) is 30.0 Å². The summed E-state index contributed by atoms with van der Waals surface area (Å²) >= 11 is 1.09. The minimum Gasteiger partial charge on any atom is -0.324 e. The number of nitro groups is 1. The van der Waals surface area contributed by atoms with Crippen molar-refractivity contribution >= 4 is 34.2 Å². The maximum Gasteiger partial charge on any atom is 0.343 e. The molecule has 2 heterocycles. The van der Waals surface area contributed by atoms with E-state index in [1.807, 2.05) is 36.4 Å². The predicted octanol–water partition coefficient (Wildman–Crippen LogP) is 2.94. The van der Waals surface area contributed by atoms with Gasteiger partial charge in [0.25, 0.3) is 0 Å². The van der Waals surface area contributed by atoms with Gasteiger partial charge < -0.3 is 4.90 Å². The van der Waals surface area contributed by atoms with E-state index in [2.05, 4.69) is 15.0 Å². The van der Waals surface area contributed by atoms with Crippen LogP contribution in [0.2, 0.25) is 0 Å². The fourth-order valence-corrected chi connectivity index (χ4v) is 3.44. The van der Waals surface area contributed by atoms with Crippen molar-refractivity contribution in [1.29, 1.82) is 10.5 Å². The summed E-state index contributed by atoms with van der Waals surface area (Å²) in [4.78, 5) is 25.4. The minimum atomic E-state index is -0.599. The molecule has 10 heteroatoms. The van der Waals surface area contributed by atoms with Crippen LogP contribution in [0, 0.1) is 32.8 Å². The van der Waals surface area contributed by atoms with E-state index in [1.54, 1.807) is 12.3 Å². The molecule has 0 atom stereocenters. The number of aromatic nitrogens is 3. The van der Waals surface area contributed by atoms with Crippen molar-refractivity contribution in [2.75, 3.05) is 18.0 Å². The van der Waals surface area contributed by atoms with Crippen LogP contribution in [-0.2, 0) is 0 Å². The highest BCUT2D eigenvalue weighted by Crippen LogP contribution is 2.39. The van der Waals surface area contributed by atoms with Crippen LogP contribution in [0.1, 0.15) is 0 Å². The Kier molecular flexibility index (Phi) is 5.40. The van der Waals surface area contributed by atoms with Gasteiger partial charge in [0.15, 0.2) is 5.03 Å². The maximum absolute atomic E-state index is 11.7. The van der Waals surface area contributed by atoms with Crippen molar-refractivity contribution < 1.29 is 4.92 Å². The van der Waals surface area contributed by atoms with Gasteiger partial charge in [0.05, 0.1) is 22.6 Å². The summed E-state index contributed by atoms with van der Waals surface area (Å²) in [5.41, 5.74) is 0.353. The third kappa shape index (κ3) is 3.76. The number of pyridine rings is 1. The molecule has 0 amide bonds. The average molecular weight is 377 g/mol. The third-order valence-electron chi connectivity index (χ3n) is 3.58. The van der Waals surface area contributed by atoms with E-state index in [0.29, 0.717) is 10.4 Å². The molecule has 0 aliphatic carbocycles. The molecule has 0 saturated heterocycles. The predicted molar refractivity (Wildman–Crippen MR) is 98.0 cm³/mol. The summed E-state index contributed by atoms with van der Waals surface area (Å²) < 4.78 is 0. The Morgan fingerprint density at radius 2 is 1.85 bits per heavy atom. The van der Waals surface area contributed by atoms with Crippen LogP contribution in [0.15, 0.2) is 52.8 Å². The number of nitrogens with zero attached hydrogens (tertiary/aromatic N) is 7. The van der Waals surface area contributed by atoms with Crippen LogP contribution in [0.3, 0.4) is 0 Å². The van der Waals surface area contributed by atoms with Gasteiger partial charge in [-0.25, -0.2) is 9.97 Å². The summed E-state index contributed by atoms with van der Waals surface area (Å²) in [6.45, 7) is -0.406. The molecule has 0 fully saturated rings. The van der Waals surface area contributed by atoms with Gasteiger partial charge in [0.2, 0.25) is 5.82 Å². The Morgan fingerprint density at radius 1 is 1.11 bits per heavy atom. The molecule has 0 N–H and O–H groups in total. The van der Waals surface area contributed by atoms with Crippen LogP contribution in [0.25, 0.3) is 10.9 Å².